The van der Waals surface area contributed by atoms with Gasteiger partial charge in [-0.3, -0.25) is 0 Å². The summed E-state index contributed by atoms with van der Waals surface area (Å²) in [4.78, 5) is 11.1. The van der Waals surface area contributed by atoms with E-state index < -0.39 is 12.0 Å². The number of aromatic nitrogens is 4. The molecule has 1 heterocycles. The van der Waals surface area contributed by atoms with E-state index in [0.29, 0.717) is 5.56 Å². The number of phenols is 1. The van der Waals surface area contributed by atoms with E-state index in [0.717, 1.165) is 4.68 Å². The number of phenolic OH excluding ortho intramolecular Hbond substituents is 1. The van der Waals surface area contributed by atoms with Gasteiger partial charge in [-0.2, -0.15) is 0 Å². The maximum Gasteiger partial charge on any atom is 0.333 e. The highest BCUT2D eigenvalue weighted by Gasteiger charge is 2.22. The van der Waals surface area contributed by atoms with E-state index in [1.54, 1.807) is 0 Å². The van der Waals surface area contributed by atoms with Crippen LogP contribution < -0.4 is 0 Å². The van der Waals surface area contributed by atoms with Gasteiger partial charge in [-0.05, 0) is 28.1 Å². The van der Waals surface area contributed by atoms with Crippen LogP contribution in [0.25, 0.3) is 0 Å². The second kappa shape index (κ2) is 3.97. The molecule has 0 aliphatic heterocycles. The molecule has 0 bridgehead atoms. The minimum atomic E-state index is -1.07. The van der Waals surface area contributed by atoms with Crippen LogP contribution in [0.15, 0.2) is 30.6 Å². The molecule has 1 aromatic heterocycles. The first-order chi connectivity index (χ1) is 7.68. The summed E-state index contributed by atoms with van der Waals surface area (Å²) >= 11 is 0. The fourth-order valence-corrected chi connectivity index (χ4v) is 1.35. The Kier molecular flexibility index (Phi) is 2.50. The standard InChI is InChI=1S/C9H8N4O3/c14-7-3-1-6(2-4-7)8(9(15)16)13-5-10-11-12-13/h1-5,8,14H,(H,15,16)/t8-/m1/s1. The summed E-state index contributed by atoms with van der Waals surface area (Å²) in [7, 11) is 0. The lowest BCUT2D eigenvalue weighted by Gasteiger charge is -2.11. The van der Waals surface area contributed by atoms with Crippen molar-refractivity contribution in [2.75, 3.05) is 0 Å². The van der Waals surface area contributed by atoms with Crippen LogP contribution in [0.4, 0.5) is 0 Å². The first kappa shape index (κ1) is 10.1. The number of carbonyl (C=O) groups is 1. The second-order valence-corrected chi connectivity index (χ2v) is 3.12. The van der Waals surface area contributed by atoms with E-state index in [4.69, 9.17) is 10.2 Å². The first-order valence-electron chi connectivity index (χ1n) is 4.42. The predicted molar refractivity (Wildman–Crippen MR) is 51.7 cm³/mol. The van der Waals surface area contributed by atoms with E-state index in [1.807, 2.05) is 0 Å². The monoisotopic (exact) mass is 220 g/mol. The second-order valence-electron chi connectivity index (χ2n) is 3.12. The summed E-state index contributed by atoms with van der Waals surface area (Å²) < 4.78 is 1.13. The van der Waals surface area contributed by atoms with Gasteiger partial charge in [0, 0.05) is 0 Å². The topological polar surface area (TPSA) is 101 Å². The molecule has 1 aromatic carbocycles. The minimum absolute atomic E-state index is 0.0737. The summed E-state index contributed by atoms with van der Waals surface area (Å²) in [6.07, 6.45) is 1.23. The third-order valence-electron chi connectivity index (χ3n) is 2.07. The molecule has 2 rings (SSSR count). The van der Waals surface area contributed by atoms with Crippen molar-refractivity contribution < 1.29 is 15.0 Å². The third kappa shape index (κ3) is 1.83. The van der Waals surface area contributed by atoms with Gasteiger partial charge in [0.15, 0.2) is 6.04 Å². The van der Waals surface area contributed by atoms with Crippen LogP contribution in [-0.4, -0.2) is 36.4 Å². The highest BCUT2D eigenvalue weighted by molar-refractivity contribution is 5.75. The average molecular weight is 220 g/mol. The molecule has 0 amide bonds. The number of hydrogen-bond donors (Lipinski definition) is 2. The smallest absolute Gasteiger partial charge is 0.333 e. The highest BCUT2D eigenvalue weighted by atomic mass is 16.4. The van der Waals surface area contributed by atoms with Crippen molar-refractivity contribution in [3.05, 3.63) is 36.2 Å². The van der Waals surface area contributed by atoms with Crippen molar-refractivity contribution in [3.63, 3.8) is 0 Å². The number of carboxylic acid groups (broad SMARTS) is 1. The van der Waals surface area contributed by atoms with Crippen molar-refractivity contribution >= 4 is 5.97 Å². The Bertz CT molecular complexity index is 480. The SMILES string of the molecule is O=C(O)[C@@H](c1ccc(O)cc1)n1cnnn1. The van der Waals surface area contributed by atoms with E-state index in [2.05, 4.69) is 15.5 Å². The molecule has 82 valence electrons. The van der Waals surface area contributed by atoms with Gasteiger partial charge in [0.2, 0.25) is 0 Å². The molecule has 7 heteroatoms. The number of tetrazole rings is 1. The third-order valence-corrected chi connectivity index (χ3v) is 2.07. The fraction of sp³-hybridized carbons (Fsp3) is 0.111. The number of aromatic hydroxyl groups is 1. The molecule has 2 aromatic rings. The number of benzene rings is 1. The van der Waals surface area contributed by atoms with Crippen molar-refractivity contribution in [1.29, 1.82) is 0 Å². The molecule has 1 atom stereocenters. The van der Waals surface area contributed by atoms with Gasteiger partial charge in [0.25, 0.3) is 0 Å². The van der Waals surface area contributed by atoms with Crippen LogP contribution >= 0.6 is 0 Å². The molecule has 16 heavy (non-hydrogen) atoms. The van der Waals surface area contributed by atoms with Gasteiger partial charge < -0.3 is 10.2 Å². The summed E-state index contributed by atoms with van der Waals surface area (Å²) in [6, 6.07) is 4.85. The predicted octanol–water partition coefficient (Wildman–Crippen LogP) is 0.0527. The molecular weight excluding hydrogens is 212 g/mol. The Hall–Kier alpha value is -2.44. The number of carboxylic acids is 1. The first-order valence-corrected chi connectivity index (χ1v) is 4.42. The summed E-state index contributed by atoms with van der Waals surface area (Å²) in [5.41, 5.74) is 0.484. The quantitative estimate of drug-likeness (QED) is 0.758. The lowest BCUT2D eigenvalue weighted by Crippen LogP contribution is -2.20. The lowest BCUT2D eigenvalue weighted by molar-refractivity contribution is -0.139. The van der Waals surface area contributed by atoms with Gasteiger partial charge in [-0.1, -0.05) is 12.1 Å². The van der Waals surface area contributed by atoms with Gasteiger partial charge in [0.05, 0.1) is 0 Å². The van der Waals surface area contributed by atoms with Crippen molar-refractivity contribution in [3.8, 4) is 5.75 Å². The van der Waals surface area contributed by atoms with Crippen LogP contribution in [0, 0.1) is 0 Å². The molecule has 0 aliphatic rings. The van der Waals surface area contributed by atoms with Crippen LogP contribution in [-0.2, 0) is 4.79 Å². The molecule has 0 unspecified atom stereocenters. The molecule has 0 saturated carbocycles. The zero-order chi connectivity index (χ0) is 11.5. The number of hydrogen-bond acceptors (Lipinski definition) is 5. The van der Waals surface area contributed by atoms with Gasteiger partial charge in [-0.15, -0.1) is 5.10 Å². The fourth-order valence-electron chi connectivity index (χ4n) is 1.35. The van der Waals surface area contributed by atoms with Gasteiger partial charge in [0.1, 0.15) is 12.1 Å². The van der Waals surface area contributed by atoms with Gasteiger partial charge in [-0.25, -0.2) is 9.48 Å². The zero-order valence-corrected chi connectivity index (χ0v) is 8.06. The van der Waals surface area contributed by atoms with E-state index >= 15 is 0 Å². The molecule has 2 N–H and O–H groups in total. The number of aliphatic carboxylic acids is 1. The zero-order valence-electron chi connectivity index (χ0n) is 8.06. The maximum absolute atomic E-state index is 11.1. The summed E-state index contributed by atoms with van der Waals surface area (Å²) in [6.45, 7) is 0. The van der Waals surface area contributed by atoms with Gasteiger partial charge >= 0.3 is 5.97 Å². The molecule has 7 nitrogen and oxygen atoms in total. The largest absolute Gasteiger partial charge is 0.508 e. The summed E-state index contributed by atoms with van der Waals surface area (Å²) in [5.74, 6) is -0.998. The molecular formula is C9H8N4O3. The molecule has 0 aliphatic carbocycles. The van der Waals surface area contributed by atoms with Crippen molar-refractivity contribution in [2.45, 2.75) is 6.04 Å². The Morgan fingerprint density at radius 3 is 2.50 bits per heavy atom. The van der Waals surface area contributed by atoms with Crippen molar-refractivity contribution in [2.24, 2.45) is 0 Å². The number of rotatable bonds is 3. The minimum Gasteiger partial charge on any atom is -0.508 e. The molecule has 0 spiro atoms. The summed E-state index contributed by atoms with van der Waals surface area (Å²) in [5, 5.41) is 28.5. The normalized spacial score (nSPS) is 12.2. The van der Waals surface area contributed by atoms with Crippen LogP contribution in [0.3, 0.4) is 0 Å². The Morgan fingerprint density at radius 1 is 1.31 bits per heavy atom. The van der Waals surface area contributed by atoms with E-state index in [9.17, 15) is 4.79 Å². The van der Waals surface area contributed by atoms with Crippen LogP contribution in [0.5, 0.6) is 5.75 Å². The maximum atomic E-state index is 11.1. The molecule has 0 saturated heterocycles. The van der Waals surface area contributed by atoms with E-state index in [-0.39, 0.29) is 5.75 Å². The highest BCUT2D eigenvalue weighted by Crippen LogP contribution is 2.19. The van der Waals surface area contributed by atoms with Crippen LogP contribution in [0.1, 0.15) is 11.6 Å². The Morgan fingerprint density at radius 2 is 2.00 bits per heavy atom. The number of nitrogens with zero attached hydrogens (tertiary/aromatic N) is 4. The Labute approximate surface area is 90.0 Å². The average Bonchev–Trinajstić information content (AvgIpc) is 2.74. The van der Waals surface area contributed by atoms with E-state index in [1.165, 1.54) is 30.6 Å². The Balaban J connectivity index is 2.41. The lowest BCUT2D eigenvalue weighted by atomic mass is 10.1. The van der Waals surface area contributed by atoms with Crippen LogP contribution in [0.2, 0.25) is 0 Å². The molecule has 0 radical (unpaired) electrons. The molecule has 0 fully saturated rings. The van der Waals surface area contributed by atoms with Crippen molar-refractivity contribution in [1.82, 2.24) is 20.2 Å².